The third kappa shape index (κ3) is 4.22. The highest BCUT2D eigenvalue weighted by Gasteiger charge is 2.28. The Bertz CT molecular complexity index is 414. The maximum Gasteiger partial charge on any atom is 0.126 e. The Morgan fingerprint density at radius 2 is 1.65 bits per heavy atom. The summed E-state index contributed by atoms with van der Waals surface area (Å²) in [6, 6.07) is 6.03. The van der Waals surface area contributed by atoms with E-state index in [-0.39, 0.29) is 11.4 Å². The summed E-state index contributed by atoms with van der Waals surface area (Å²) >= 11 is 0. The van der Waals surface area contributed by atoms with Crippen molar-refractivity contribution in [3.05, 3.63) is 29.6 Å². The molecule has 0 aliphatic rings. The number of hydrogen-bond acceptors (Lipinski definition) is 1. The van der Waals surface area contributed by atoms with Gasteiger partial charge in [0.05, 0.1) is 0 Å². The zero-order chi connectivity index (χ0) is 15.3. The van der Waals surface area contributed by atoms with Gasteiger partial charge in [-0.3, -0.25) is 0 Å². The molecule has 1 aromatic rings. The van der Waals surface area contributed by atoms with Gasteiger partial charge in [-0.25, -0.2) is 4.39 Å². The second-order valence-corrected chi connectivity index (χ2v) is 6.71. The van der Waals surface area contributed by atoms with E-state index in [1.807, 2.05) is 19.1 Å². The van der Waals surface area contributed by atoms with Crippen molar-refractivity contribution >= 4 is 5.69 Å². The average Bonchev–Trinajstić information content (AvgIpc) is 2.33. The van der Waals surface area contributed by atoms with E-state index in [0.29, 0.717) is 6.04 Å². The standard InChI is InChI=1S/C18H30FN/c1-7-9-15(10-8-2)20(18(4,5)6)16-11-12-17(19)14(3)13-16/h11-13,15H,7-10H2,1-6H3. The fourth-order valence-corrected chi connectivity index (χ4v) is 2.99. The van der Waals surface area contributed by atoms with E-state index in [1.54, 1.807) is 6.07 Å². The summed E-state index contributed by atoms with van der Waals surface area (Å²) in [6.45, 7) is 13.0. The van der Waals surface area contributed by atoms with E-state index in [2.05, 4.69) is 39.5 Å². The Morgan fingerprint density at radius 1 is 1.10 bits per heavy atom. The molecule has 0 saturated heterocycles. The molecule has 0 unspecified atom stereocenters. The van der Waals surface area contributed by atoms with E-state index in [4.69, 9.17) is 0 Å². The van der Waals surface area contributed by atoms with Crippen LogP contribution in [-0.2, 0) is 0 Å². The molecular weight excluding hydrogens is 249 g/mol. The van der Waals surface area contributed by atoms with Crippen LogP contribution in [0.25, 0.3) is 0 Å². The summed E-state index contributed by atoms with van der Waals surface area (Å²) in [6.07, 6.45) is 4.72. The third-order valence-corrected chi connectivity index (χ3v) is 3.75. The molecule has 2 heteroatoms. The second kappa shape index (κ2) is 7.10. The van der Waals surface area contributed by atoms with Crippen molar-refractivity contribution in [1.29, 1.82) is 0 Å². The lowest BCUT2D eigenvalue weighted by molar-refractivity contribution is 0.399. The van der Waals surface area contributed by atoms with Crippen LogP contribution in [0.1, 0.15) is 65.9 Å². The molecule has 1 rings (SSSR count). The number of hydrogen-bond donors (Lipinski definition) is 0. The summed E-state index contributed by atoms with van der Waals surface area (Å²) in [5, 5.41) is 0. The van der Waals surface area contributed by atoms with E-state index < -0.39 is 0 Å². The summed E-state index contributed by atoms with van der Waals surface area (Å²) in [4.78, 5) is 2.48. The van der Waals surface area contributed by atoms with Crippen molar-refractivity contribution in [3.63, 3.8) is 0 Å². The summed E-state index contributed by atoms with van der Waals surface area (Å²) in [7, 11) is 0. The van der Waals surface area contributed by atoms with Crippen molar-refractivity contribution in [3.8, 4) is 0 Å². The molecule has 0 radical (unpaired) electrons. The van der Waals surface area contributed by atoms with Gasteiger partial charge in [-0.05, 0) is 64.3 Å². The van der Waals surface area contributed by atoms with E-state index in [1.165, 1.54) is 25.7 Å². The predicted molar refractivity (Wildman–Crippen MR) is 87.0 cm³/mol. The van der Waals surface area contributed by atoms with Crippen LogP contribution in [0.4, 0.5) is 10.1 Å². The number of benzene rings is 1. The van der Waals surface area contributed by atoms with Gasteiger partial charge in [0.2, 0.25) is 0 Å². The number of anilines is 1. The minimum atomic E-state index is -0.120. The molecule has 0 N–H and O–H groups in total. The average molecular weight is 279 g/mol. The van der Waals surface area contributed by atoms with Gasteiger partial charge < -0.3 is 4.90 Å². The van der Waals surface area contributed by atoms with Crippen LogP contribution in [0.5, 0.6) is 0 Å². The second-order valence-electron chi connectivity index (χ2n) is 6.71. The van der Waals surface area contributed by atoms with Gasteiger partial charge in [0, 0.05) is 17.3 Å². The molecule has 0 fully saturated rings. The molecule has 0 saturated carbocycles. The highest BCUT2D eigenvalue weighted by molar-refractivity contribution is 5.52. The number of rotatable bonds is 6. The van der Waals surface area contributed by atoms with Crippen molar-refractivity contribution in [2.24, 2.45) is 0 Å². The summed E-state index contributed by atoms with van der Waals surface area (Å²) < 4.78 is 13.5. The zero-order valence-electron chi connectivity index (χ0n) is 14.0. The fraction of sp³-hybridized carbons (Fsp3) is 0.667. The highest BCUT2D eigenvalue weighted by Crippen LogP contribution is 2.31. The third-order valence-electron chi connectivity index (χ3n) is 3.75. The fourth-order valence-electron chi connectivity index (χ4n) is 2.99. The van der Waals surface area contributed by atoms with Crippen molar-refractivity contribution in [2.75, 3.05) is 4.90 Å². The Labute approximate surface area is 124 Å². The number of aryl methyl sites for hydroxylation is 1. The van der Waals surface area contributed by atoms with Crippen LogP contribution in [-0.4, -0.2) is 11.6 Å². The lowest BCUT2D eigenvalue weighted by Crippen LogP contribution is -2.48. The molecule has 0 aliphatic carbocycles. The summed E-state index contributed by atoms with van der Waals surface area (Å²) in [5.74, 6) is -0.120. The lowest BCUT2D eigenvalue weighted by Gasteiger charge is -2.44. The monoisotopic (exact) mass is 279 g/mol. The Kier molecular flexibility index (Phi) is 6.04. The zero-order valence-corrected chi connectivity index (χ0v) is 14.0. The van der Waals surface area contributed by atoms with E-state index >= 15 is 0 Å². The molecule has 0 bridgehead atoms. The van der Waals surface area contributed by atoms with Crippen molar-refractivity contribution in [2.45, 2.75) is 78.8 Å². The molecule has 114 valence electrons. The molecule has 0 spiro atoms. The first-order chi connectivity index (χ1) is 9.31. The molecule has 0 heterocycles. The first kappa shape index (κ1) is 17.0. The number of halogens is 1. The smallest absolute Gasteiger partial charge is 0.126 e. The van der Waals surface area contributed by atoms with Crippen LogP contribution in [0.2, 0.25) is 0 Å². The molecular formula is C18H30FN. The lowest BCUT2D eigenvalue weighted by atomic mass is 9.95. The van der Waals surface area contributed by atoms with Gasteiger partial charge in [-0.2, -0.15) is 0 Å². The molecule has 0 aromatic heterocycles. The van der Waals surface area contributed by atoms with Crippen LogP contribution in [0.3, 0.4) is 0 Å². The van der Waals surface area contributed by atoms with Crippen LogP contribution < -0.4 is 4.90 Å². The van der Waals surface area contributed by atoms with Crippen LogP contribution >= 0.6 is 0 Å². The molecule has 0 amide bonds. The SMILES string of the molecule is CCCC(CCC)N(c1ccc(F)c(C)c1)C(C)(C)C. The highest BCUT2D eigenvalue weighted by atomic mass is 19.1. The minimum Gasteiger partial charge on any atom is -0.364 e. The van der Waals surface area contributed by atoms with Crippen molar-refractivity contribution < 1.29 is 4.39 Å². The maximum atomic E-state index is 13.5. The minimum absolute atomic E-state index is 0.0409. The quantitative estimate of drug-likeness (QED) is 0.645. The van der Waals surface area contributed by atoms with Gasteiger partial charge in [0.1, 0.15) is 5.82 Å². The van der Waals surface area contributed by atoms with Gasteiger partial charge in [0.15, 0.2) is 0 Å². The first-order valence-corrected chi connectivity index (χ1v) is 7.86. The molecule has 1 nitrogen and oxygen atoms in total. The molecule has 0 aliphatic heterocycles. The normalized spacial score (nSPS) is 12.0. The molecule has 20 heavy (non-hydrogen) atoms. The summed E-state index contributed by atoms with van der Waals surface area (Å²) in [5.41, 5.74) is 1.91. The predicted octanol–water partition coefficient (Wildman–Crippen LogP) is 5.71. The van der Waals surface area contributed by atoms with Gasteiger partial charge in [0.25, 0.3) is 0 Å². The first-order valence-electron chi connectivity index (χ1n) is 7.86. The molecule has 1 aromatic carbocycles. The Hall–Kier alpha value is -1.05. The van der Waals surface area contributed by atoms with Gasteiger partial charge in [-0.15, -0.1) is 0 Å². The van der Waals surface area contributed by atoms with Crippen molar-refractivity contribution in [1.82, 2.24) is 0 Å². The number of nitrogens with zero attached hydrogens (tertiary/aromatic N) is 1. The van der Waals surface area contributed by atoms with E-state index in [0.717, 1.165) is 11.3 Å². The van der Waals surface area contributed by atoms with Crippen LogP contribution in [0, 0.1) is 12.7 Å². The maximum absolute atomic E-state index is 13.5. The Morgan fingerprint density at radius 3 is 2.05 bits per heavy atom. The van der Waals surface area contributed by atoms with Gasteiger partial charge in [-0.1, -0.05) is 26.7 Å². The van der Waals surface area contributed by atoms with Crippen LogP contribution in [0.15, 0.2) is 18.2 Å². The molecule has 0 atom stereocenters. The topological polar surface area (TPSA) is 3.24 Å². The Balaban J connectivity index is 3.19. The van der Waals surface area contributed by atoms with Gasteiger partial charge >= 0.3 is 0 Å². The largest absolute Gasteiger partial charge is 0.364 e. The van der Waals surface area contributed by atoms with E-state index in [9.17, 15) is 4.39 Å².